The molecule has 12 heteroatoms. The number of halogens is 3. The molecule has 3 amide bonds. The summed E-state index contributed by atoms with van der Waals surface area (Å²) in [6, 6.07) is 2.56. The molecule has 3 rings (SSSR count). The monoisotopic (exact) mass is 556 g/mol. The average Bonchev–Trinajstić information content (AvgIpc) is 3.47. The van der Waals surface area contributed by atoms with Crippen molar-refractivity contribution in [3.8, 4) is 6.07 Å². The first-order chi connectivity index (χ1) is 17.4. The Morgan fingerprint density at radius 3 is 2.29 bits per heavy atom. The van der Waals surface area contributed by atoms with Gasteiger partial charge in [-0.3, -0.25) is 19.2 Å². The predicted octanol–water partition coefficient (Wildman–Crippen LogP) is 3.48. The maximum atomic E-state index is 13.8. The van der Waals surface area contributed by atoms with Crippen molar-refractivity contribution in [2.75, 3.05) is 6.17 Å². The van der Waals surface area contributed by atoms with Crippen LogP contribution in [-0.2, 0) is 19.2 Å². The van der Waals surface area contributed by atoms with Crippen molar-refractivity contribution in [3.05, 3.63) is 0 Å². The van der Waals surface area contributed by atoms with E-state index in [1.54, 1.807) is 20.8 Å². The number of Topliss-reactive ketones (excluding diaryl/α,β-unsaturated/α-hetero) is 1. The fraction of sp³-hybridized carbons (Fsp3) is 0.808. The zero-order chi connectivity index (χ0) is 28.7. The van der Waals surface area contributed by atoms with E-state index < -0.39 is 73.1 Å². The van der Waals surface area contributed by atoms with Crippen LogP contribution in [0.1, 0.15) is 66.7 Å². The Balaban J connectivity index is 1.82. The van der Waals surface area contributed by atoms with Gasteiger partial charge in [0.1, 0.15) is 12.1 Å². The smallest absolute Gasteiger partial charge is 0.351 e. The number of rotatable bonds is 7. The summed E-state index contributed by atoms with van der Waals surface area (Å²) in [6.07, 6.45) is -3.02. The SMILES string of the molecule is CC1(C)C[C@@H](C[C@@H](C#N)NC(=O)C2C[Si]3(CCCC3)CN2C(=O)[C@@H](CC(=O)C(F)(F)F)C(C)(C)C)C(=O)N1. The Morgan fingerprint density at radius 2 is 1.82 bits per heavy atom. The van der Waals surface area contributed by atoms with Crippen molar-refractivity contribution in [2.45, 2.75) is 109 Å². The number of carbonyl (C=O) groups excluding carboxylic acids is 4. The van der Waals surface area contributed by atoms with Gasteiger partial charge in [0.25, 0.3) is 0 Å². The minimum atomic E-state index is -5.05. The molecule has 0 radical (unpaired) electrons. The molecule has 2 N–H and O–H groups in total. The maximum Gasteiger partial charge on any atom is 0.449 e. The molecule has 3 fully saturated rings. The van der Waals surface area contributed by atoms with Gasteiger partial charge in [0.2, 0.25) is 23.5 Å². The van der Waals surface area contributed by atoms with Gasteiger partial charge in [0, 0.05) is 24.0 Å². The van der Waals surface area contributed by atoms with Crippen LogP contribution in [0.25, 0.3) is 0 Å². The third-order valence-electron chi connectivity index (χ3n) is 8.39. The molecule has 3 saturated heterocycles. The minimum absolute atomic E-state index is 0.130. The van der Waals surface area contributed by atoms with Crippen molar-refractivity contribution in [2.24, 2.45) is 17.3 Å². The molecule has 1 unspecified atom stereocenters. The molecule has 38 heavy (non-hydrogen) atoms. The summed E-state index contributed by atoms with van der Waals surface area (Å²) in [7, 11) is -2.04. The lowest BCUT2D eigenvalue weighted by Gasteiger charge is -2.35. The molecule has 1 spiro atoms. The Morgan fingerprint density at radius 1 is 1.21 bits per heavy atom. The summed E-state index contributed by atoms with van der Waals surface area (Å²) in [6.45, 7) is 8.62. The van der Waals surface area contributed by atoms with E-state index in [9.17, 15) is 37.6 Å². The lowest BCUT2D eigenvalue weighted by molar-refractivity contribution is -0.174. The molecule has 3 aliphatic rings. The van der Waals surface area contributed by atoms with Crippen LogP contribution in [0.4, 0.5) is 13.2 Å². The number of nitriles is 1. The second-order valence-electron chi connectivity index (χ2n) is 13.1. The summed E-state index contributed by atoms with van der Waals surface area (Å²) in [5.74, 6) is -4.95. The molecule has 3 heterocycles. The van der Waals surface area contributed by atoms with Gasteiger partial charge in [-0.2, -0.15) is 18.4 Å². The summed E-state index contributed by atoms with van der Waals surface area (Å²) in [5, 5.41) is 15.3. The quantitative estimate of drug-likeness (QED) is 0.466. The zero-order valence-electron chi connectivity index (χ0n) is 22.8. The van der Waals surface area contributed by atoms with Crippen LogP contribution in [0.5, 0.6) is 0 Å². The molecular weight excluding hydrogens is 517 g/mol. The topological polar surface area (TPSA) is 119 Å². The molecule has 0 bridgehead atoms. The van der Waals surface area contributed by atoms with Crippen LogP contribution in [-0.4, -0.2) is 66.4 Å². The first kappa shape index (κ1) is 30.1. The average molecular weight is 557 g/mol. The molecule has 0 aromatic rings. The third-order valence-corrected chi connectivity index (χ3v) is 13.5. The van der Waals surface area contributed by atoms with E-state index >= 15 is 0 Å². The van der Waals surface area contributed by atoms with Crippen molar-refractivity contribution in [1.82, 2.24) is 15.5 Å². The second-order valence-corrected chi connectivity index (χ2v) is 17.9. The largest absolute Gasteiger partial charge is 0.449 e. The number of nitrogens with one attached hydrogen (secondary N) is 2. The number of ketones is 1. The van der Waals surface area contributed by atoms with E-state index in [-0.39, 0.29) is 12.3 Å². The van der Waals surface area contributed by atoms with Gasteiger partial charge in [0.05, 0.1) is 20.1 Å². The Labute approximate surface area is 223 Å². The summed E-state index contributed by atoms with van der Waals surface area (Å²) in [4.78, 5) is 52.9. The molecule has 0 saturated carbocycles. The highest BCUT2D eigenvalue weighted by Gasteiger charge is 2.54. The number of hydrogen-bond acceptors (Lipinski definition) is 5. The van der Waals surface area contributed by atoms with Gasteiger partial charge in [0.15, 0.2) is 0 Å². The number of nitrogens with zero attached hydrogens (tertiary/aromatic N) is 2. The van der Waals surface area contributed by atoms with Crippen molar-refractivity contribution in [3.63, 3.8) is 0 Å². The van der Waals surface area contributed by atoms with E-state index in [0.29, 0.717) is 18.6 Å². The van der Waals surface area contributed by atoms with Crippen LogP contribution >= 0.6 is 0 Å². The number of alkyl halides is 3. The molecule has 0 aromatic heterocycles. The van der Waals surface area contributed by atoms with Gasteiger partial charge in [-0.05, 0) is 38.1 Å². The Bertz CT molecular complexity index is 1010. The van der Waals surface area contributed by atoms with Gasteiger partial charge in [-0.25, -0.2) is 0 Å². The Kier molecular flexibility index (Phi) is 8.42. The van der Waals surface area contributed by atoms with Crippen LogP contribution in [0.15, 0.2) is 0 Å². The van der Waals surface area contributed by atoms with Crippen LogP contribution in [0.3, 0.4) is 0 Å². The molecule has 3 aliphatic heterocycles. The first-order valence-corrected chi connectivity index (χ1v) is 16.1. The fourth-order valence-corrected chi connectivity index (χ4v) is 11.8. The highest BCUT2D eigenvalue weighted by molar-refractivity contribution is 6.82. The summed E-state index contributed by atoms with van der Waals surface area (Å²) < 4.78 is 39.4. The van der Waals surface area contributed by atoms with E-state index in [2.05, 4.69) is 16.7 Å². The normalized spacial score (nSPS) is 26.1. The van der Waals surface area contributed by atoms with Crippen molar-refractivity contribution >= 4 is 31.6 Å². The van der Waals surface area contributed by atoms with E-state index in [4.69, 9.17) is 0 Å². The van der Waals surface area contributed by atoms with E-state index in [0.717, 1.165) is 24.9 Å². The number of amides is 3. The van der Waals surface area contributed by atoms with E-state index in [1.807, 2.05) is 13.8 Å². The maximum absolute atomic E-state index is 13.8. The highest BCUT2D eigenvalue weighted by atomic mass is 28.3. The standard InChI is InChI=1S/C26H39F3N4O4Si/c1-24(2,3)18(11-20(34)26(27,28)29)23(37)33-15-38(8-6-7-9-38)14-19(33)22(36)31-17(13-30)10-16-12-25(4,5)32-21(16)35/h16-19H,6-12,14-15H2,1-5H3,(H,31,36)(H,32,35)/t16-,17+,18-,19?/m1/s1. The number of hydrogen-bond donors (Lipinski definition) is 2. The molecule has 0 aromatic carbocycles. The predicted molar refractivity (Wildman–Crippen MR) is 136 cm³/mol. The van der Waals surface area contributed by atoms with Gasteiger partial charge >= 0.3 is 6.18 Å². The van der Waals surface area contributed by atoms with Crippen LogP contribution in [0.2, 0.25) is 18.1 Å². The molecular formula is C26H39F3N4O4Si. The van der Waals surface area contributed by atoms with Crippen LogP contribution in [0, 0.1) is 28.6 Å². The van der Waals surface area contributed by atoms with Gasteiger partial charge < -0.3 is 15.5 Å². The summed E-state index contributed by atoms with van der Waals surface area (Å²) >= 11 is 0. The van der Waals surface area contributed by atoms with Crippen LogP contribution < -0.4 is 10.6 Å². The van der Waals surface area contributed by atoms with Crippen molar-refractivity contribution in [1.29, 1.82) is 5.26 Å². The van der Waals surface area contributed by atoms with Crippen molar-refractivity contribution < 1.29 is 32.3 Å². The van der Waals surface area contributed by atoms with Gasteiger partial charge in [-0.1, -0.05) is 45.7 Å². The molecule has 212 valence electrons. The number of carbonyl (C=O) groups is 4. The molecule has 0 aliphatic carbocycles. The lowest BCUT2D eigenvalue weighted by atomic mass is 9.76. The highest BCUT2D eigenvalue weighted by Crippen LogP contribution is 2.43. The Hall–Kier alpha value is -2.42. The molecule has 8 nitrogen and oxygen atoms in total. The lowest BCUT2D eigenvalue weighted by Crippen LogP contribution is -2.52. The fourth-order valence-electron chi connectivity index (χ4n) is 6.36. The van der Waals surface area contributed by atoms with E-state index in [1.165, 1.54) is 4.90 Å². The van der Waals surface area contributed by atoms with Gasteiger partial charge in [-0.15, -0.1) is 0 Å². The second kappa shape index (κ2) is 10.6. The minimum Gasteiger partial charge on any atom is -0.351 e. The third kappa shape index (κ3) is 6.76. The zero-order valence-corrected chi connectivity index (χ0v) is 23.8. The first-order valence-electron chi connectivity index (χ1n) is 13.3. The molecule has 4 atom stereocenters. The summed E-state index contributed by atoms with van der Waals surface area (Å²) in [5.41, 5.74) is -1.35.